The number of hydrogen-bond donors (Lipinski definition) is 1. The third-order valence-electron chi connectivity index (χ3n) is 5.08. The molecular formula is C18H28ClN3O3S. The highest BCUT2D eigenvalue weighted by Gasteiger charge is 2.27. The van der Waals surface area contributed by atoms with Crippen LogP contribution < -0.4 is 4.72 Å². The third-order valence-corrected chi connectivity index (χ3v) is 6.90. The second kappa shape index (κ2) is 9.48. The Morgan fingerprint density at radius 3 is 2.42 bits per heavy atom. The van der Waals surface area contributed by atoms with Crippen LogP contribution in [0.5, 0.6) is 0 Å². The Morgan fingerprint density at radius 1 is 1.08 bits per heavy atom. The zero-order valence-corrected chi connectivity index (χ0v) is 16.6. The molecule has 2 aliphatic heterocycles. The lowest BCUT2D eigenvalue weighted by atomic mass is 10.1. The van der Waals surface area contributed by atoms with Crippen LogP contribution in [0, 0.1) is 0 Å². The molecule has 0 saturated carbocycles. The van der Waals surface area contributed by atoms with Crippen LogP contribution in [0.3, 0.4) is 0 Å². The zero-order chi connectivity index (χ0) is 18.4. The van der Waals surface area contributed by atoms with Gasteiger partial charge in [-0.2, -0.15) is 12.7 Å². The van der Waals surface area contributed by atoms with Crippen molar-refractivity contribution >= 4 is 21.8 Å². The molecule has 1 unspecified atom stereocenters. The summed E-state index contributed by atoms with van der Waals surface area (Å²) in [7, 11) is -3.47. The highest BCUT2D eigenvalue weighted by molar-refractivity contribution is 7.87. The van der Waals surface area contributed by atoms with Crippen LogP contribution in [-0.4, -0.2) is 63.6 Å². The van der Waals surface area contributed by atoms with Gasteiger partial charge in [-0.15, -0.1) is 0 Å². The maximum absolute atomic E-state index is 12.8. The zero-order valence-electron chi connectivity index (χ0n) is 15.1. The first-order valence-corrected chi connectivity index (χ1v) is 11.2. The van der Waals surface area contributed by atoms with Gasteiger partial charge in [-0.05, 0) is 30.5 Å². The van der Waals surface area contributed by atoms with Gasteiger partial charge in [0.05, 0.1) is 13.2 Å². The molecule has 2 aliphatic rings. The number of hydrogen-bond acceptors (Lipinski definition) is 4. The Morgan fingerprint density at radius 2 is 1.77 bits per heavy atom. The standard InChI is InChI=1S/C18H28ClN3O3S/c19-17-7-5-6-16(14-17)18(21-10-12-25-13-11-21)15-20-26(23,24)22-8-3-1-2-4-9-22/h5-7,14,18,20H,1-4,8-13,15H2. The second-order valence-corrected chi connectivity index (χ2v) is 9.08. The number of benzene rings is 1. The van der Waals surface area contributed by atoms with Gasteiger partial charge in [0.1, 0.15) is 0 Å². The molecule has 0 bridgehead atoms. The van der Waals surface area contributed by atoms with E-state index in [1.54, 1.807) is 4.31 Å². The van der Waals surface area contributed by atoms with E-state index < -0.39 is 10.2 Å². The maximum atomic E-state index is 12.8. The summed E-state index contributed by atoms with van der Waals surface area (Å²) in [5, 5.41) is 0.663. The van der Waals surface area contributed by atoms with Crippen LogP contribution in [0.2, 0.25) is 5.02 Å². The van der Waals surface area contributed by atoms with Crippen LogP contribution in [0.4, 0.5) is 0 Å². The molecule has 8 heteroatoms. The van der Waals surface area contributed by atoms with E-state index in [9.17, 15) is 8.42 Å². The number of ether oxygens (including phenoxy) is 1. The van der Waals surface area contributed by atoms with E-state index in [1.165, 1.54) is 0 Å². The molecule has 2 heterocycles. The molecule has 0 aliphatic carbocycles. The SMILES string of the molecule is O=S(=O)(NCC(c1cccc(Cl)c1)N1CCOCC1)N1CCCCCC1. The molecule has 26 heavy (non-hydrogen) atoms. The summed E-state index contributed by atoms with van der Waals surface area (Å²) in [5.74, 6) is 0. The first-order chi connectivity index (χ1) is 12.6. The van der Waals surface area contributed by atoms with Gasteiger partial charge >= 0.3 is 0 Å². The predicted molar refractivity (Wildman–Crippen MR) is 104 cm³/mol. The Labute approximate surface area is 161 Å². The molecule has 2 fully saturated rings. The number of morpholine rings is 1. The lowest BCUT2D eigenvalue weighted by Gasteiger charge is -2.35. The molecular weight excluding hydrogens is 374 g/mol. The second-order valence-electron chi connectivity index (χ2n) is 6.89. The average Bonchev–Trinajstić information content (AvgIpc) is 2.93. The van der Waals surface area contributed by atoms with E-state index in [-0.39, 0.29) is 6.04 Å². The van der Waals surface area contributed by atoms with E-state index in [1.807, 2.05) is 24.3 Å². The van der Waals surface area contributed by atoms with E-state index in [2.05, 4.69) is 9.62 Å². The molecule has 1 aromatic carbocycles. The van der Waals surface area contributed by atoms with Gasteiger partial charge in [0.15, 0.2) is 0 Å². The quantitative estimate of drug-likeness (QED) is 0.795. The van der Waals surface area contributed by atoms with Crippen molar-refractivity contribution in [3.63, 3.8) is 0 Å². The fraction of sp³-hybridized carbons (Fsp3) is 0.667. The van der Waals surface area contributed by atoms with Crippen LogP contribution in [0.1, 0.15) is 37.3 Å². The van der Waals surface area contributed by atoms with Crippen molar-refractivity contribution in [3.8, 4) is 0 Å². The Bertz CT molecular complexity index is 672. The maximum Gasteiger partial charge on any atom is 0.279 e. The summed E-state index contributed by atoms with van der Waals surface area (Å²) >= 11 is 6.17. The van der Waals surface area contributed by atoms with Gasteiger partial charge in [0.25, 0.3) is 10.2 Å². The van der Waals surface area contributed by atoms with Crippen LogP contribution in [0.15, 0.2) is 24.3 Å². The number of halogens is 1. The van der Waals surface area contributed by atoms with E-state index >= 15 is 0 Å². The van der Waals surface area contributed by atoms with Gasteiger partial charge < -0.3 is 4.74 Å². The van der Waals surface area contributed by atoms with Gasteiger partial charge in [0, 0.05) is 43.8 Å². The molecule has 3 rings (SSSR count). The van der Waals surface area contributed by atoms with Crippen LogP contribution in [0.25, 0.3) is 0 Å². The van der Waals surface area contributed by atoms with Crippen molar-refractivity contribution in [1.82, 2.24) is 13.9 Å². The fourth-order valence-electron chi connectivity index (χ4n) is 3.62. The normalized spacial score (nSPS) is 22.0. The highest BCUT2D eigenvalue weighted by Crippen LogP contribution is 2.24. The van der Waals surface area contributed by atoms with Gasteiger partial charge in [-0.3, -0.25) is 4.90 Å². The lowest BCUT2D eigenvalue weighted by Crippen LogP contribution is -2.47. The van der Waals surface area contributed by atoms with Crippen molar-refractivity contribution in [2.45, 2.75) is 31.7 Å². The summed E-state index contributed by atoms with van der Waals surface area (Å²) in [4.78, 5) is 2.26. The monoisotopic (exact) mass is 401 g/mol. The van der Waals surface area contributed by atoms with Crippen LogP contribution in [-0.2, 0) is 14.9 Å². The van der Waals surface area contributed by atoms with Crippen molar-refractivity contribution < 1.29 is 13.2 Å². The fourth-order valence-corrected chi connectivity index (χ4v) is 5.11. The van der Waals surface area contributed by atoms with Crippen molar-refractivity contribution in [3.05, 3.63) is 34.9 Å². The summed E-state index contributed by atoms with van der Waals surface area (Å²) in [6, 6.07) is 7.62. The summed E-state index contributed by atoms with van der Waals surface area (Å²) in [6.07, 6.45) is 4.07. The van der Waals surface area contributed by atoms with Gasteiger partial charge in [-0.25, -0.2) is 4.72 Å². The minimum Gasteiger partial charge on any atom is -0.379 e. The summed E-state index contributed by atoms with van der Waals surface area (Å²) in [5.41, 5.74) is 1.03. The lowest BCUT2D eigenvalue weighted by molar-refractivity contribution is 0.0171. The largest absolute Gasteiger partial charge is 0.379 e. The minimum absolute atomic E-state index is 0.0562. The van der Waals surface area contributed by atoms with E-state index in [4.69, 9.17) is 16.3 Å². The first kappa shape index (κ1) is 20.0. The van der Waals surface area contributed by atoms with Gasteiger partial charge in [0.2, 0.25) is 0 Å². The Kier molecular flexibility index (Phi) is 7.31. The van der Waals surface area contributed by atoms with Crippen LogP contribution >= 0.6 is 11.6 Å². The molecule has 0 amide bonds. The Hall–Kier alpha value is -0.700. The molecule has 1 N–H and O–H groups in total. The number of nitrogens with zero attached hydrogens (tertiary/aromatic N) is 2. The van der Waals surface area contributed by atoms with Crippen molar-refractivity contribution in [1.29, 1.82) is 0 Å². The molecule has 146 valence electrons. The first-order valence-electron chi connectivity index (χ1n) is 9.38. The van der Waals surface area contributed by atoms with Crippen molar-refractivity contribution in [2.24, 2.45) is 0 Å². The Balaban J connectivity index is 1.72. The van der Waals surface area contributed by atoms with Crippen molar-refractivity contribution in [2.75, 3.05) is 45.9 Å². The molecule has 6 nitrogen and oxygen atoms in total. The molecule has 0 aromatic heterocycles. The summed E-state index contributed by atoms with van der Waals surface area (Å²) < 4.78 is 35.4. The topological polar surface area (TPSA) is 61.9 Å². The third kappa shape index (κ3) is 5.41. The minimum atomic E-state index is -3.47. The molecule has 0 spiro atoms. The average molecular weight is 402 g/mol. The van der Waals surface area contributed by atoms with E-state index in [0.29, 0.717) is 37.9 Å². The molecule has 1 aromatic rings. The number of nitrogens with one attached hydrogen (secondary N) is 1. The van der Waals surface area contributed by atoms with Gasteiger partial charge in [-0.1, -0.05) is 36.6 Å². The molecule has 1 atom stereocenters. The highest BCUT2D eigenvalue weighted by atomic mass is 35.5. The predicted octanol–water partition coefficient (Wildman–Crippen LogP) is 2.42. The molecule has 2 saturated heterocycles. The summed E-state index contributed by atoms with van der Waals surface area (Å²) in [6.45, 7) is 4.43. The molecule has 0 radical (unpaired) electrons. The van der Waals surface area contributed by atoms with E-state index in [0.717, 1.165) is 44.3 Å². The smallest absolute Gasteiger partial charge is 0.279 e. The number of rotatable bonds is 6.